The zero-order chi connectivity index (χ0) is 12.5. The van der Waals surface area contributed by atoms with Crippen LogP contribution >= 0.6 is 11.6 Å². The van der Waals surface area contributed by atoms with Crippen LogP contribution in [0.5, 0.6) is 0 Å². The van der Waals surface area contributed by atoms with Crippen molar-refractivity contribution >= 4 is 23.0 Å². The van der Waals surface area contributed by atoms with Gasteiger partial charge in [-0.1, -0.05) is 11.6 Å². The minimum atomic E-state index is 0.905. The maximum atomic E-state index is 6.45. The van der Waals surface area contributed by atoms with Crippen molar-refractivity contribution in [2.45, 2.75) is 12.8 Å². The van der Waals surface area contributed by atoms with Crippen LogP contribution in [0, 0.1) is 0 Å². The van der Waals surface area contributed by atoms with E-state index in [0.717, 1.165) is 44.2 Å². The summed E-state index contributed by atoms with van der Waals surface area (Å²) in [7, 11) is 2.17. The van der Waals surface area contributed by atoms with Crippen molar-refractivity contribution in [3.05, 3.63) is 22.7 Å². The third-order valence-electron chi connectivity index (χ3n) is 3.95. The smallest absolute Gasteiger partial charge is 0.0643 e. The van der Waals surface area contributed by atoms with E-state index in [-0.39, 0.29) is 0 Å². The molecule has 0 bridgehead atoms. The summed E-state index contributed by atoms with van der Waals surface area (Å²) in [6, 6.07) is 4.39. The van der Waals surface area contributed by atoms with Crippen molar-refractivity contribution in [3.8, 4) is 0 Å². The molecular formula is C14H20ClN3. The van der Waals surface area contributed by atoms with Crippen LogP contribution in [-0.2, 0) is 6.42 Å². The Morgan fingerprint density at radius 3 is 2.72 bits per heavy atom. The second-order valence-corrected chi connectivity index (χ2v) is 5.69. The Morgan fingerprint density at radius 2 is 1.94 bits per heavy atom. The van der Waals surface area contributed by atoms with Gasteiger partial charge in [0.25, 0.3) is 0 Å². The van der Waals surface area contributed by atoms with Crippen molar-refractivity contribution in [2.24, 2.45) is 0 Å². The molecule has 0 aromatic heterocycles. The molecule has 98 valence electrons. The lowest BCUT2D eigenvalue weighted by molar-refractivity contribution is 0.313. The normalized spacial score (nSPS) is 20.4. The first kappa shape index (κ1) is 12.1. The number of aryl methyl sites for hydroxylation is 1. The number of nitrogens with one attached hydrogen (secondary N) is 1. The summed E-state index contributed by atoms with van der Waals surface area (Å²) in [4.78, 5) is 4.76. The van der Waals surface area contributed by atoms with Crippen LogP contribution < -0.4 is 10.2 Å². The molecule has 1 aromatic carbocycles. The predicted molar refractivity (Wildman–Crippen MR) is 78.0 cm³/mol. The number of rotatable bonds is 1. The molecule has 0 radical (unpaired) electrons. The number of piperazine rings is 1. The number of benzene rings is 1. The standard InChI is InChI=1S/C14H20ClN3/c1-17-5-7-18(8-6-17)14-10-13-11(9-12(14)15)3-2-4-16-13/h9-10,16H,2-8H2,1H3. The Morgan fingerprint density at radius 1 is 1.17 bits per heavy atom. The molecule has 2 aliphatic heterocycles. The SMILES string of the molecule is CN1CCN(c2cc3c(cc2Cl)CCCN3)CC1. The zero-order valence-corrected chi connectivity index (χ0v) is 11.6. The molecule has 3 nitrogen and oxygen atoms in total. The van der Waals surface area contributed by atoms with E-state index < -0.39 is 0 Å². The van der Waals surface area contributed by atoms with Crippen LogP contribution in [0.2, 0.25) is 5.02 Å². The maximum Gasteiger partial charge on any atom is 0.0643 e. The van der Waals surface area contributed by atoms with Crippen LogP contribution in [0.1, 0.15) is 12.0 Å². The van der Waals surface area contributed by atoms with E-state index in [4.69, 9.17) is 11.6 Å². The van der Waals surface area contributed by atoms with E-state index in [1.807, 2.05) is 0 Å². The maximum absolute atomic E-state index is 6.45. The first-order valence-electron chi connectivity index (χ1n) is 6.74. The number of likely N-dealkylation sites (N-methyl/N-ethyl adjacent to an activating group) is 1. The molecule has 0 saturated carbocycles. The van der Waals surface area contributed by atoms with Gasteiger partial charge in [0, 0.05) is 38.4 Å². The summed E-state index contributed by atoms with van der Waals surface area (Å²) in [5.41, 5.74) is 3.83. The largest absolute Gasteiger partial charge is 0.385 e. The van der Waals surface area contributed by atoms with Gasteiger partial charge >= 0.3 is 0 Å². The average Bonchev–Trinajstić information content (AvgIpc) is 2.39. The summed E-state index contributed by atoms with van der Waals surface area (Å²) in [6.07, 6.45) is 2.35. The van der Waals surface area contributed by atoms with E-state index in [9.17, 15) is 0 Å². The molecule has 1 fully saturated rings. The van der Waals surface area contributed by atoms with Crippen molar-refractivity contribution in [1.82, 2.24) is 4.90 Å². The molecule has 2 aliphatic rings. The van der Waals surface area contributed by atoms with Gasteiger partial charge in [0.15, 0.2) is 0 Å². The minimum Gasteiger partial charge on any atom is -0.385 e. The molecule has 0 atom stereocenters. The highest BCUT2D eigenvalue weighted by Gasteiger charge is 2.19. The molecule has 0 unspecified atom stereocenters. The second kappa shape index (κ2) is 4.98. The molecule has 1 aromatic rings. The Balaban J connectivity index is 1.87. The van der Waals surface area contributed by atoms with Gasteiger partial charge in [-0.3, -0.25) is 0 Å². The number of halogens is 1. The summed E-state index contributed by atoms with van der Waals surface area (Å²) >= 11 is 6.45. The monoisotopic (exact) mass is 265 g/mol. The van der Waals surface area contributed by atoms with Gasteiger partial charge in [0.05, 0.1) is 10.7 Å². The summed E-state index contributed by atoms with van der Waals surface area (Å²) in [5.74, 6) is 0. The lowest BCUT2D eigenvalue weighted by atomic mass is 10.0. The van der Waals surface area contributed by atoms with Gasteiger partial charge in [0.2, 0.25) is 0 Å². The Labute approximate surface area is 114 Å². The number of hydrogen-bond donors (Lipinski definition) is 1. The van der Waals surface area contributed by atoms with Gasteiger partial charge in [0.1, 0.15) is 0 Å². The summed E-state index contributed by atoms with van der Waals surface area (Å²) in [6.45, 7) is 5.43. The first-order chi connectivity index (χ1) is 8.74. The fourth-order valence-corrected chi connectivity index (χ4v) is 3.07. The molecule has 2 heterocycles. The van der Waals surface area contributed by atoms with E-state index >= 15 is 0 Å². The highest BCUT2D eigenvalue weighted by Crippen LogP contribution is 2.34. The van der Waals surface area contributed by atoms with E-state index in [1.54, 1.807) is 0 Å². The number of hydrogen-bond acceptors (Lipinski definition) is 3. The van der Waals surface area contributed by atoms with Crippen LogP contribution in [0.3, 0.4) is 0 Å². The molecule has 18 heavy (non-hydrogen) atoms. The molecular weight excluding hydrogens is 246 g/mol. The molecule has 1 N–H and O–H groups in total. The number of nitrogens with zero attached hydrogens (tertiary/aromatic N) is 2. The summed E-state index contributed by atoms with van der Waals surface area (Å²) in [5, 5.41) is 4.39. The highest BCUT2D eigenvalue weighted by molar-refractivity contribution is 6.33. The topological polar surface area (TPSA) is 18.5 Å². The average molecular weight is 266 g/mol. The molecule has 1 saturated heterocycles. The van der Waals surface area contributed by atoms with Crippen LogP contribution in [-0.4, -0.2) is 44.7 Å². The van der Waals surface area contributed by atoms with Gasteiger partial charge < -0.3 is 15.1 Å². The minimum absolute atomic E-state index is 0.905. The lowest BCUT2D eigenvalue weighted by Gasteiger charge is -2.35. The van der Waals surface area contributed by atoms with E-state index in [2.05, 4.69) is 34.3 Å². The zero-order valence-electron chi connectivity index (χ0n) is 10.9. The molecule has 4 heteroatoms. The second-order valence-electron chi connectivity index (χ2n) is 5.28. The van der Waals surface area contributed by atoms with Gasteiger partial charge in [-0.05, 0) is 37.6 Å². The third kappa shape index (κ3) is 2.29. The van der Waals surface area contributed by atoms with E-state index in [0.29, 0.717) is 0 Å². The van der Waals surface area contributed by atoms with Crippen molar-refractivity contribution in [1.29, 1.82) is 0 Å². The third-order valence-corrected chi connectivity index (χ3v) is 4.26. The Kier molecular flexibility index (Phi) is 3.35. The molecule has 3 rings (SSSR count). The van der Waals surface area contributed by atoms with Gasteiger partial charge in [-0.2, -0.15) is 0 Å². The summed E-state index contributed by atoms with van der Waals surface area (Å²) < 4.78 is 0. The fourth-order valence-electron chi connectivity index (χ4n) is 2.77. The number of anilines is 2. The van der Waals surface area contributed by atoms with Crippen molar-refractivity contribution < 1.29 is 0 Å². The Hall–Kier alpha value is -0.930. The molecule has 0 aliphatic carbocycles. The van der Waals surface area contributed by atoms with Crippen LogP contribution in [0.25, 0.3) is 0 Å². The van der Waals surface area contributed by atoms with Crippen molar-refractivity contribution in [2.75, 3.05) is 50.0 Å². The number of fused-ring (bicyclic) bond motifs is 1. The quantitative estimate of drug-likeness (QED) is 0.842. The highest BCUT2D eigenvalue weighted by atomic mass is 35.5. The first-order valence-corrected chi connectivity index (χ1v) is 7.11. The van der Waals surface area contributed by atoms with Gasteiger partial charge in [-0.25, -0.2) is 0 Å². The fraction of sp³-hybridized carbons (Fsp3) is 0.571. The van der Waals surface area contributed by atoms with Crippen LogP contribution in [0.15, 0.2) is 12.1 Å². The van der Waals surface area contributed by atoms with Crippen LogP contribution in [0.4, 0.5) is 11.4 Å². The Bertz CT molecular complexity index is 439. The van der Waals surface area contributed by atoms with E-state index in [1.165, 1.54) is 23.4 Å². The van der Waals surface area contributed by atoms with Gasteiger partial charge in [-0.15, -0.1) is 0 Å². The molecule has 0 spiro atoms. The predicted octanol–water partition coefficient (Wildman–Crippen LogP) is 2.45. The lowest BCUT2D eigenvalue weighted by Crippen LogP contribution is -2.44. The van der Waals surface area contributed by atoms with Crippen molar-refractivity contribution in [3.63, 3.8) is 0 Å². The molecule has 0 amide bonds.